The van der Waals surface area contributed by atoms with Gasteiger partial charge in [0.15, 0.2) is 11.9 Å². The molecule has 1 N–H and O–H groups in total. The van der Waals surface area contributed by atoms with E-state index < -0.39 is 23.8 Å². The number of ketones is 1. The van der Waals surface area contributed by atoms with Gasteiger partial charge < -0.3 is 14.6 Å². The molecule has 2 aromatic rings. The number of carbonyl (C=O) groups is 3. The van der Waals surface area contributed by atoms with Crippen LogP contribution in [0.1, 0.15) is 34.7 Å². The molecule has 0 fully saturated rings. The van der Waals surface area contributed by atoms with Gasteiger partial charge in [0.05, 0.1) is 0 Å². The number of Topliss-reactive ketones (excluding diaryl/α,β-unsaturated/α-hetero) is 1. The van der Waals surface area contributed by atoms with Crippen LogP contribution in [0.15, 0.2) is 36.5 Å². The van der Waals surface area contributed by atoms with Crippen LogP contribution in [-0.2, 0) is 16.6 Å². The van der Waals surface area contributed by atoms with Crippen molar-refractivity contribution >= 4 is 23.3 Å². The fourth-order valence-corrected chi connectivity index (χ4v) is 2.04. The Morgan fingerprint density at radius 2 is 1.96 bits per heavy atom. The summed E-state index contributed by atoms with van der Waals surface area (Å²) in [5, 5.41) is 2.46. The smallest absolute Gasteiger partial charge is 0.355 e. The van der Waals surface area contributed by atoms with Crippen LogP contribution in [0.25, 0.3) is 0 Å². The Hall–Kier alpha value is -2.96. The molecule has 0 spiro atoms. The van der Waals surface area contributed by atoms with Gasteiger partial charge in [0, 0.05) is 24.5 Å². The van der Waals surface area contributed by atoms with E-state index in [0.29, 0.717) is 5.56 Å². The lowest BCUT2D eigenvalue weighted by Gasteiger charge is -2.13. The first-order valence-electron chi connectivity index (χ1n) is 7.22. The van der Waals surface area contributed by atoms with E-state index in [-0.39, 0.29) is 17.2 Å². The number of nitrogens with one attached hydrogen (secondary N) is 1. The van der Waals surface area contributed by atoms with Gasteiger partial charge in [-0.05, 0) is 38.1 Å². The molecule has 1 heterocycles. The lowest BCUT2D eigenvalue weighted by molar-refractivity contribution is -0.123. The van der Waals surface area contributed by atoms with Crippen LogP contribution in [0.3, 0.4) is 0 Å². The Kier molecular flexibility index (Phi) is 5.13. The Labute approximate surface area is 138 Å². The number of anilines is 1. The number of esters is 1. The summed E-state index contributed by atoms with van der Waals surface area (Å²) in [6.07, 6.45) is 0.424. The number of carbonyl (C=O) groups excluding carboxylic acids is 3. The molecule has 0 saturated carbocycles. The number of nitrogens with zero attached hydrogens (tertiary/aromatic N) is 1. The second-order valence-electron chi connectivity index (χ2n) is 5.33. The molecule has 2 rings (SSSR count). The Balaban J connectivity index is 2.03. The van der Waals surface area contributed by atoms with Crippen molar-refractivity contribution < 1.29 is 23.5 Å². The maximum atomic E-state index is 13.1. The maximum Gasteiger partial charge on any atom is 0.355 e. The Bertz CT molecular complexity index is 798. The Morgan fingerprint density at radius 1 is 1.25 bits per heavy atom. The maximum absolute atomic E-state index is 13.1. The second-order valence-corrected chi connectivity index (χ2v) is 5.33. The number of ether oxygens (including phenoxy) is 1. The van der Waals surface area contributed by atoms with Crippen LogP contribution in [0, 0.1) is 5.82 Å². The topological polar surface area (TPSA) is 77.4 Å². The lowest BCUT2D eigenvalue weighted by Crippen LogP contribution is -2.30. The number of hydrogen-bond donors (Lipinski definition) is 1. The summed E-state index contributed by atoms with van der Waals surface area (Å²) in [6.45, 7) is 2.79. The van der Waals surface area contributed by atoms with Crippen molar-refractivity contribution in [2.24, 2.45) is 7.05 Å². The van der Waals surface area contributed by atoms with Crippen molar-refractivity contribution in [2.75, 3.05) is 5.32 Å². The van der Waals surface area contributed by atoms with Crippen LogP contribution >= 0.6 is 0 Å². The monoisotopic (exact) mass is 332 g/mol. The van der Waals surface area contributed by atoms with Crippen LogP contribution in [0.5, 0.6) is 0 Å². The van der Waals surface area contributed by atoms with Gasteiger partial charge in [0.1, 0.15) is 11.5 Å². The third-order valence-corrected chi connectivity index (χ3v) is 3.37. The predicted molar refractivity (Wildman–Crippen MR) is 85.3 cm³/mol. The average Bonchev–Trinajstić information content (AvgIpc) is 2.89. The zero-order valence-corrected chi connectivity index (χ0v) is 13.5. The largest absolute Gasteiger partial charge is 0.448 e. The first-order chi connectivity index (χ1) is 11.3. The zero-order chi connectivity index (χ0) is 17.9. The van der Waals surface area contributed by atoms with Crippen molar-refractivity contribution in [3.05, 3.63) is 53.6 Å². The van der Waals surface area contributed by atoms with Crippen molar-refractivity contribution in [1.82, 2.24) is 4.57 Å². The molecule has 0 saturated heterocycles. The molecule has 1 amide bonds. The molecule has 1 atom stereocenters. The van der Waals surface area contributed by atoms with E-state index in [1.807, 2.05) is 0 Å². The summed E-state index contributed by atoms with van der Waals surface area (Å²) < 4.78 is 19.6. The van der Waals surface area contributed by atoms with Crippen molar-refractivity contribution in [1.29, 1.82) is 0 Å². The van der Waals surface area contributed by atoms with Crippen LogP contribution in [0.2, 0.25) is 0 Å². The highest BCUT2D eigenvalue weighted by Crippen LogP contribution is 2.13. The minimum absolute atomic E-state index is 0.158. The van der Waals surface area contributed by atoms with E-state index >= 15 is 0 Å². The number of hydrogen-bond acceptors (Lipinski definition) is 4. The molecule has 126 valence electrons. The number of rotatable bonds is 5. The zero-order valence-electron chi connectivity index (χ0n) is 13.5. The third-order valence-electron chi connectivity index (χ3n) is 3.37. The number of benzene rings is 1. The number of halogens is 1. The molecule has 6 nitrogen and oxygen atoms in total. The second kappa shape index (κ2) is 7.08. The number of amides is 1. The lowest BCUT2D eigenvalue weighted by atomic mass is 10.2. The van der Waals surface area contributed by atoms with E-state index in [1.165, 1.54) is 48.9 Å². The van der Waals surface area contributed by atoms with Gasteiger partial charge in [-0.15, -0.1) is 0 Å². The van der Waals surface area contributed by atoms with Crippen LogP contribution in [-0.4, -0.2) is 28.3 Å². The molecule has 0 radical (unpaired) electrons. The third kappa shape index (κ3) is 4.07. The molecule has 0 unspecified atom stereocenters. The summed E-state index contributed by atoms with van der Waals surface area (Å²) >= 11 is 0. The van der Waals surface area contributed by atoms with Gasteiger partial charge in [-0.1, -0.05) is 6.07 Å². The van der Waals surface area contributed by atoms with Gasteiger partial charge in [-0.25, -0.2) is 9.18 Å². The molecule has 24 heavy (non-hydrogen) atoms. The van der Waals surface area contributed by atoms with Gasteiger partial charge in [0.2, 0.25) is 0 Å². The normalized spacial score (nSPS) is 11.7. The molecule has 1 aromatic carbocycles. The molecule has 1 aromatic heterocycles. The van der Waals surface area contributed by atoms with Crippen molar-refractivity contribution in [3.63, 3.8) is 0 Å². The van der Waals surface area contributed by atoms with Gasteiger partial charge in [0.25, 0.3) is 5.91 Å². The Morgan fingerprint density at radius 3 is 2.54 bits per heavy atom. The highest BCUT2D eigenvalue weighted by Gasteiger charge is 2.22. The predicted octanol–water partition coefficient (Wildman–Crippen LogP) is 2.55. The summed E-state index contributed by atoms with van der Waals surface area (Å²) in [7, 11) is 1.60. The van der Waals surface area contributed by atoms with Crippen molar-refractivity contribution in [2.45, 2.75) is 20.0 Å². The number of aryl methyl sites for hydroxylation is 1. The minimum atomic E-state index is -1.09. The molecule has 0 aliphatic carbocycles. The van der Waals surface area contributed by atoms with E-state index in [9.17, 15) is 18.8 Å². The van der Waals surface area contributed by atoms with Gasteiger partial charge in [-0.2, -0.15) is 0 Å². The quantitative estimate of drug-likeness (QED) is 0.674. The average molecular weight is 332 g/mol. The fraction of sp³-hybridized carbons (Fsp3) is 0.235. The summed E-state index contributed by atoms with van der Waals surface area (Å²) in [4.78, 5) is 35.5. The molecule has 7 heteroatoms. The molecular formula is C17H17FN2O4. The van der Waals surface area contributed by atoms with E-state index in [1.54, 1.807) is 7.05 Å². The first kappa shape index (κ1) is 17.4. The number of aromatic nitrogens is 1. The van der Waals surface area contributed by atoms with Crippen molar-refractivity contribution in [3.8, 4) is 0 Å². The SMILES string of the molecule is CC(=O)c1cc(C(=O)O[C@@H](C)C(=O)Nc2cccc(F)c2)n(C)c1. The molecule has 0 aliphatic heterocycles. The van der Waals surface area contributed by atoms with E-state index in [0.717, 1.165) is 6.07 Å². The summed E-state index contributed by atoms with van der Waals surface area (Å²) in [5.41, 5.74) is 0.799. The fourth-order valence-electron chi connectivity index (χ4n) is 2.04. The highest BCUT2D eigenvalue weighted by atomic mass is 19.1. The first-order valence-corrected chi connectivity index (χ1v) is 7.22. The van der Waals surface area contributed by atoms with E-state index in [2.05, 4.69) is 5.32 Å². The molecule has 0 bridgehead atoms. The van der Waals surface area contributed by atoms with Crippen LogP contribution in [0.4, 0.5) is 10.1 Å². The summed E-state index contributed by atoms with van der Waals surface area (Å²) in [5.74, 6) is -1.98. The highest BCUT2D eigenvalue weighted by molar-refractivity contribution is 5.99. The van der Waals surface area contributed by atoms with Gasteiger partial charge in [-0.3, -0.25) is 9.59 Å². The van der Waals surface area contributed by atoms with Crippen LogP contribution < -0.4 is 5.32 Å². The molecule has 0 aliphatic rings. The standard InChI is InChI=1S/C17H17FN2O4/c1-10(21)12-7-15(20(3)9-12)17(23)24-11(2)16(22)19-14-6-4-5-13(18)8-14/h4-9,11H,1-3H3,(H,19,22)/t11-/m0/s1. The summed E-state index contributed by atoms with van der Waals surface area (Å²) in [6, 6.07) is 6.78. The van der Waals surface area contributed by atoms with Gasteiger partial charge >= 0.3 is 5.97 Å². The molecular weight excluding hydrogens is 315 g/mol. The van der Waals surface area contributed by atoms with E-state index in [4.69, 9.17) is 4.74 Å². The minimum Gasteiger partial charge on any atom is -0.448 e.